The minimum atomic E-state index is -0.600. The molecule has 0 aromatic carbocycles. The quantitative estimate of drug-likeness (QED) is 0.577. The van der Waals surface area contributed by atoms with Crippen molar-refractivity contribution in [2.24, 2.45) is 0 Å². The predicted octanol–water partition coefficient (Wildman–Crippen LogP) is 1.19. The Morgan fingerprint density at radius 1 is 1.30 bits per heavy atom. The Kier molecular flexibility index (Phi) is 10.9. The topological polar surface area (TPSA) is 17.1 Å². The molecule has 0 atom stereocenters. The zero-order valence-electron chi connectivity index (χ0n) is 6.61. The minimum absolute atomic E-state index is 0. The van der Waals surface area contributed by atoms with Crippen molar-refractivity contribution in [2.45, 2.75) is 36.6 Å². The van der Waals surface area contributed by atoms with Crippen LogP contribution in [-0.4, -0.2) is 43.0 Å². The summed E-state index contributed by atoms with van der Waals surface area (Å²) in [5.41, 5.74) is 0. The van der Waals surface area contributed by atoms with Crippen molar-refractivity contribution < 1.29 is 4.79 Å². The van der Waals surface area contributed by atoms with E-state index in [0.29, 0.717) is 5.78 Å². The number of rotatable bonds is 4. The first-order valence-corrected chi connectivity index (χ1v) is 6.15. The van der Waals surface area contributed by atoms with Crippen molar-refractivity contribution in [1.82, 2.24) is 0 Å². The first-order valence-electron chi connectivity index (χ1n) is 3.70. The lowest BCUT2D eigenvalue weighted by Gasteiger charge is -2.00. The van der Waals surface area contributed by atoms with Gasteiger partial charge in [-0.2, -0.15) is 0 Å². The molecule has 0 saturated carbocycles. The van der Waals surface area contributed by atoms with Crippen LogP contribution in [0.4, 0.5) is 0 Å². The number of carbonyl (C=O) groups is 1. The molecule has 0 aliphatic rings. The molecule has 56 valence electrons. The highest BCUT2D eigenvalue weighted by atomic mass is 27.2. The molecule has 0 N–H and O–H groups in total. The van der Waals surface area contributed by atoms with Crippen LogP contribution in [0.3, 0.4) is 0 Å². The number of ketones is 1. The van der Waals surface area contributed by atoms with E-state index in [0.717, 1.165) is 5.28 Å². The van der Waals surface area contributed by atoms with E-state index < -0.39 is 14.1 Å². The Bertz CT molecular complexity index is 91.6. The molecular formula is C7H17AlMgO. The largest absolute Gasteiger partial charge is 0.316 e. The average Bonchev–Trinajstić information content (AvgIpc) is 1.82. The lowest BCUT2D eigenvalue weighted by molar-refractivity contribution is -0.115. The fourth-order valence-corrected chi connectivity index (χ4v) is 2.95. The molecule has 10 heavy (non-hydrogen) atoms. The van der Waals surface area contributed by atoms with Crippen molar-refractivity contribution >= 4 is 43.0 Å². The van der Waals surface area contributed by atoms with Crippen LogP contribution >= 0.6 is 0 Å². The van der Waals surface area contributed by atoms with Crippen LogP contribution in [0.15, 0.2) is 0 Å². The van der Waals surface area contributed by atoms with Crippen LogP contribution in [-0.2, 0) is 4.79 Å². The fourth-order valence-electron chi connectivity index (χ4n) is 0.984. The number of hydrogen-bond acceptors (Lipinski definition) is 1. The summed E-state index contributed by atoms with van der Waals surface area (Å²) < 4.78 is 0. The lowest BCUT2D eigenvalue weighted by Crippen LogP contribution is -2.12. The lowest BCUT2D eigenvalue weighted by atomic mass is 10.5. The van der Waals surface area contributed by atoms with Gasteiger partial charge in [0.05, 0.1) is 0 Å². The van der Waals surface area contributed by atoms with Gasteiger partial charge in [0.1, 0.15) is 5.78 Å². The monoisotopic (exact) mass is 168 g/mol. The molecule has 1 nitrogen and oxygen atoms in total. The third kappa shape index (κ3) is 7.08. The van der Waals surface area contributed by atoms with Gasteiger partial charge in [-0.3, -0.25) is 0 Å². The first kappa shape index (κ1) is 13.6. The summed E-state index contributed by atoms with van der Waals surface area (Å²) in [6.45, 7) is 6.10. The van der Waals surface area contributed by atoms with E-state index in [9.17, 15) is 4.79 Å². The second kappa shape index (κ2) is 8.07. The average molecular weight is 168 g/mol. The van der Waals surface area contributed by atoms with E-state index in [4.69, 9.17) is 0 Å². The molecule has 0 aliphatic carbocycles. The van der Waals surface area contributed by atoms with Gasteiger partial charge in [0.15, 0.2) is 0 Å². The van der Waals surface area contributed by atoms with Crippen LogP contribution in [0.25, 0.3) is 0 Å². The van der Waals surface area contributed by atoms with Crippen LogP contribution in [0.2, 0.25) is 15.8 Å². The molecule has 0 aromatic rings. The van der Waals surface area contributed by atoms with E-state index in [1.165, 1.54) is 10.6 Å². The standard InChI is InChI=1S/C3H5O.2C2H5.Al.Mg.2H/c1-3(2)4;2*1-2;;;;/h1H2,2H3;2*1H2,2H3;;;;. The highest BCUT2D eigenvalue weighted by Crippen LogP contribution is 2.03. The second-order valence-corrected chi connectivity index (χ2v) is 6.36. The molecule has 0 amide bonds. The van der Waals surface area contributed by atoms with Crippen molar-refractivity contribution in [3.8, 4) is 0 Å². The smallest absolute Gasteiger partial charge is 0.301 e. The summed E-state index contributed by atoms with van der Waals surface area (Å²) in [6, 6.07) is 0. The summed E-state index contributed by atoms with van der Waals surface area (Å²) >= 11 is -0.600. The summed E-state index contributed by atoms with van der Waals surface area (Å²) in [5, 5.41) is 3.46. The first-order chi connectivity index (χ1) is 4.20. The molecule has 0 radical (unpaired) electrons. The SMILES string of the molecule is C[CH2][Al]([CH2]C)[CH2]C(C)=O.[MgH2]. The van der Waals surface area contributed by atoms with Crippen LogP contribution < -0.4 is 0 Å². The Morgan fingerprint density at radius 3 is 1.80 bits per heavy atom. The summed E-state index contributed by atoms with van der Waals surface area (Å²) in [4.78, 5) is 10.6. The second-order valence-electron chi connectivity index (χ2n) is 2.59. The van der Waals surface area contributed by atoms with E-state index in [-0.39, 0.29) is 23.1 Å². The van der Waals surface area contributed by atoms with E-state index in [1.807, 2.05) is 0 Å². The molecule has 0 unspecified atom stereocenters. The number of Topliss-reactive ketones (excluding diaryl/α,β-unsaturated/α-hetero) is 1. The van der Waals surface area contributed by atoms with Gasteiger partial charge >= 0.3 is 23.1 Å². The zero-order chi connectivity index (χ0) is 7.28. The van der Waals surface area contributed by atoms with Crippen molar-refractivity contribution in [2.75, 3.05) is 0 Å². The molecule has 0 fully saturated rings. The molecule has 0 spiro atoms. The molecule has 0 bridgehead atoms. The highest BCUT2D eigenvalue weighted by Gasteiger charge is 2.12. The predicted molar refractivity (Wildman–Crippen MR) is 50.7 cm³/mol. The van der Waals surface area contributed by atoms with E-state index in [1.54, 1.807) is 6.92 Å². The zero-order valence-corrected chi connectivity index (χ0v) is 7.76. The van der Waals surface area contributed by atoms with Gasteiger partial charge in [-0.25, -0.2) is 0 Å². The molecule has 0 aliphatic heterocycles. The minimum Gasteiger partial charge on any atom is -0.301 e. The number of hydrogen-bond donors (Lipinski definition) is 0. The normalized spacial score (nSPS) is 8.30. The summed E-state index contributed by atoms with van der Waals surface area (Å²) in [7, 11) is 0. The Hall–Kier alpha value is 0.969. The van der Waals surface area contributed by atoms with Gasteiger partial charge < -0.3 is 4.79 Å². The van der Waals surface area contributed by atoms with Gasteiger partial charge in [0.25, 0.3) is 14.1 Å². The van der Waals surface area contributed by atoms with Gasteiger partial charge in [-0.05, 0) is 12.2 Å². The van der Waals surface area contributed by atoms with Gasteiger partial charge in [0.2, 0.25) is 0 Å². The Balaban J connectivity index is 0. The van der Waals surface area contributed by atoms with Gasteiger partial charge in [0, 0.05) is 0 Å². The molecule has 0 rings (SSSR count). The van der Waals surface area contributed by atoms with Crippen LogP contribution in [0, 0.1) is 0 Å². The third-order valence-electron chi connectivity index (χ3n) is 1.73. The maximum absolute atomic E-state index is 10.6. The van der Waals surface area contributed by atoms with Gasteiger partial charge in [-0.15, -0.1) is 0 Å². The van der Waals surface area contributed by atoms with Crippen molar-refractivity contribution in [1.29, 1.82) is 0 Å². The summed E-state index contributed by atoms with van der Waals surface area (Å²) in [5.74, 6) is 0.385. The van der Waals surface area contributed by atoms with E-state index >= 15 is 0 Å². The maximum Gasteiger partial charge on any atom is 0.316 e. The molecule has 0 aromatic heterocycles. The fraction of sp³-hybridized carbons (Fsp3) is 0.857. The molecule has 0 heterocycles. The Labute approximate surface area is 84.1 Å². The van der Waals surface area contributed by atoms with E-state index in [2.05, 4.69) is 13.8 Å². The number of carbonyl (C=O) groups excluding carboxylic acids is 1. The molecule has 3 heteroatoms. The molecule has 0 saturated heterocycles. The highest BCUT2D eigenvalue weighted by molar-refractivity contribution is 6.62. The van der Waals surface area contributed by atoms with Crippen LogP contribution in [0.1, 0.15) is 20.8 Å². The summed E-state index contributed by atoms with van der Waals surface area (Å²) in [6.07, 6.45) is 0. The van der Waals surface area contributed by atoms with Crippen LogP contribution in [0.5, 0.6) is 0 Å². The molecular weight excluding hydrogens is 151 g/mol. The Morgan fingerprint density at radius 2 is 1.70 bits per heavy atom. The maximum atomic E-state index is 10.6. The van der Waals surface area contributed by atoms with Gasteiger partial charge in [-0.1, -0.05) is 24.4 Å². The van der Waals surface area contributed by atoms with Crippen molar-refractivity contribution in [3.05, 3.63) is 0 Å². The third-order valence-corrected chi connectivity index (χ3v) is 5.19. The van der Waals surface area contributed by atoms with Crippen molar-refractivity contribution in [3.63, 3.8) is 0 Å².